The van der Waals surface area contributed by atoms with Crippen molar-refractivity contribution in [3.8, 4) is 0 Å². The first kappa shape index (κ1) is 14.4. The van der Waals surface area contributed by atoms with Crippen LogP contribution in [0.1, 0.15) is 11.1 Å². The summed E-state index contributed by atoms with van der Waals surface area (Å²) in [6, 6.07) is 15.8. The normalized spacial score (nSPS) is 20.3. The Hall–Kier alpha value is -2.17. The average molecular weight is 326 g/mol. The molecule has 0 bridgehead atoms. The molecule has 0 radical (unpaired) electrons. The van der Waals surface area contributed by atoms with Crippen molar-refractivity contribution in [3.05, 3.63) is 64.7 Å². The molecule has 0 aromatic heterocycles. The van der Waals surface area contributed by atoms with Crippen LogP contribution in [0.15, 0.2) is 53.5 Å². The second-order valence-electron chi connectivity index (χ2n) is 5.98. The number of rotatable bonds is 2. The van der Waals surface area contributed by atoms with Crippen molar-refractivity contribution >= 4 is 28.9 Å². The standard InChI is InChI=1S/C18H16ClN3O/c19-15-7-6-13-8-14-11-22(10-12-4-2-1-3-5-12)21-18(23)17(14)20-16(13)9-15/h1-7,9,14H,8,10-11H2,(H,21,23). The zero-order valence-corrected chi connectivity index (χ0v) is 13.3. The smallest absolute Gasteiger partial charge is 0.280 e. The highest BCUT2D eigenvalue weighted by atomic mass is 35.5. The largest absolute Gasteiger partial charge is 0.283 e. The number of carbonyl (C=O) groups is 1. The fourth-order valence-electron chi connectivity index (χ4n) is 3.20. The molecule has 1 saturated heterocycles. The summed E-state index contributed by atoms with van der Waals surface area (Å²) in [5, 5.41) is 2.62. The zero-order valence-electron chi connectivity index (χ0n) is 12.5. The summed E-state index contributed by atoms with van der Waals surface area (Å²) in [5.74, 6) is 0.0175. The van der Waals surface area contributed by atoms with E-state index in [2.05, 4.69) is 22.6 Å². The van der Waals surface area contributed by atoms with E-state index in [9.17, 15) is 4.79 Å². The fourth-order valence-corrected chi connectivity index (χ4v) is 3.37. The Kier molecular flexibility index (Phi) is 3.63. The highest BCUT2D eigenvalue weighted by Crippen LogP contribution is 2.32. The van der Waals surface area contributed by atoms with Gasteiger partial charge in [0.15, 0.2) is 0 Å². The van der Waals surface area contributed by atoms with Gasteiger partial charge in [0.05, 0.1) is 5.69 Å². The van der Waals surface area contributed by atoms with Crippen LogP contribution in [-0.2, 0) is 17.8 Å². The molecular formula is C18H16ClN3O. The maximum absolute atomic E-state index is 12.4. The Bertz CT molecular complexity index is 788. The summed E-state index contributed by atoms with van der Waals surface area (Å²) in [7, 11) is 0. The maximum atomic E-state index is 12.4. The van der Waals surface area contributed by atoms with Crippen molar-refractivity contribution in [2.24, 2.45) is 10.9 Å². The molecule has 1 amide bonds. The highest BCUT2D eigenvalue weighted by Gasteiger charge is 2.34. The zero-order chi connectivity index (χ0) is 15.8. The molecule has 0 saturated carbocycles. The van der Waals surface area contributed by atoms with Crippen LogP contribution in [0.2, 0.25) is 5.02 Å². The number of aliphatic imine (C=N–C) groups is 1. The van der Waals surface area contributed by atoms with Crippen molar-refractivity contribution in [1.29, 1.82) is 0 Å². The molecule has 4 rings (SSSR count). The summed E-state index contributed by atoms with van der Waals surface area (Å²) in [6.45, 7) is 1.46. The van der Waals surface area contributed by atoms with Crippen LogP contribution in [0.5, 0.6) is 0 Å². The minimum Gasteiger partial charge on any atom is -0.283 e. The van der Waals surface area contributed by atoms with Gasteiger partial charge in [-0.1, -0.05) is 48.0 Å². The number of carbonyl (C=O) groups excluding carboxylic acids is 1. The molecule has 2 aliphatic heterocycles. The van der Waals surface area contributed by atoms with Gasteiger partial charge in [-0.25, -0.2) is 10.0 Å². The molecule has 0 spiro atoms. The summed E-state index contributed by atoms with van der Waals surface area (Å²) in [5.41, 5.74) is 6.70. The number of nitrogens with one attached hydrogen (secondary N) is 1. The molecule has 1 unspecified atom stereocenters. The first-order chi connectivity index (χ1) is 11.2. The molecule has 1 fully saturated rings. The molecule has 116 valence electrons. The second-order valence-corrected chi connectivity index (χ2v) is 6.41. The monoisotopic (exact) mass is 325 g/mol. The number of hydrogen-bond donors (Lipinski definition) is 1. The minimum atomic E-state index is -0.109. The summed E-state index contributed by atoms with van der Waals surface area (Å²) in [6.07, 6.45) is 0.823. The number of nitrogens with zero attached hydrogens (tertiary/aromatic N) is 2. The van der Waals surface area contributed by atoms with Gasteiger partial charge in [-0.15, -0.1) is 0 Å². The fraction of sp³-hybridized carbons (Fsp3) is 0.222. The van der Waals surface area contributed by atoms with Crippen LogP contribution >= 0.6 is 11.6 Å². The molecule has 1 atom stereocenters. The molecule has 2 aromatic rings. The number of fused-ring (bicyclic) bond motifs is 2. The minimum absolute atomic E-state index is 0.109. The van der Waals surface area contributed by atoms with Gasteiger partial charge in [0, 0.05) is 24.0 Å². The average Bonchev–Trinajstić information content (AvgIpc) is 2.54. The number of amides is 1. The van der Waals surface area contributed by atoms with E-state index >= 15 is 0 Å². The van der Waals surface area contributed by atoms with Crippen LogP contribution in [0.25, 0.3) is 0 Å². The van der Waals surface area contributed by atoms with Crippen molar-refractivity contribution in [1.82, 2.24) is 10.4 Å². The third-order valence-corrected chi connectivity index (χ3v) is 4.53. The molecule has 1 N–H and O–H groups in total. The van der Waals surface area contributed by atoms with E-state index in [-0.39, 0.29) is 11.8 Å². The Morgan fingerprint density at radius 2 is 2.04 bits per heavy atom. The van der Waals surface area contributed by atoms with Gasteiger partial charge < -0.3 is 0 Å². The van der Waals surface area contributed by atoms with Crippen LogP contribution in [-0.4, -0.2) is 23.2 Å². The predicted octanol–water partition coefficient (Wildman–Crippen LogP) is 3.13. The van der Waals surface area contributed by atoms with Gasteiger partial charge in [-0.05, 0) is 29.7 Å². The Morgan fingerprint density at radius 1 is 1.22 bits per heavy atom. The molecule has 2 aromatic carbocycles. The molecular weight excluding hydrogens is 310 g/mol. The number of hydrogen-bond acceptors (Lipinski definition) is 3. The lowest BCUT2D eigenvalue weighted by Gasteiger charge is -2.35. The predicted molar refractivity (Wildman–Crippen MR) is 90.7 cm³/mol. The van der Waals surface area contributed by atoms with Gasteiger partial charge in [0.25, 0.3) is 5.91 Å². The van der Waals surface area contributed by atoms with Crippen LogP contribution in [0.3, 0.4) is 0 Å². The Labute approximate surface area is 139 Å². The van der Waals surface area contributed by atoms with Gasteiger partial charge >= 0.3 is 0 Å². The molecule has 2 heterocycles. The van der Waals surface area contributed by atoms with Crippen molar-refractivity contribution in [2.45, 2.75) is 13.0 Å². The van der Waals surface area contributed by atoms with Gasteiger partial charge in [0.2, 0.25) is 0 Å². The highest BCUT2D eigenvalue weighted by molar-refractivity contribution is 6.41. The lowest BCUT2D eigenvalue weighted by atomic mass is 9.88. The maximum Gasteiger partial charge on any atom is 0.280 e. The van der Waals surface area contributed by atoms with E-state index < -0.39 is 0 Å². The summed E-state index contributed by atoms with van der Waals surface area (Å²) < 4.78 is 0. The van der Waals surface area contributed by atoms with Crippen LogP contribution < -0.4 is 5.43 Å². The first-order valence-corrected chi connectivity index (χ1v) is 8.04. The van der Waals surface area contributed by atoms with Crippen molar-refractivity contribution in [3.63, 3.8) is 0 Å². The first-order valence-electron chi connectivity index (χ1n) is 7.66. The lowest BCUT2D eigenvalue weighted by molar-refractivity contribution is -0.121. The molecule has 0 aliphatic carbocycles. The second kappa shape index (κ2) is 5.80. The van der Waals surface area contributed by atoms with E-state index in [0.717, 1.165) is 24.2 Å². The third-order valence-electron chi connectivity index (χ3n) is 4.29. The van der Waals surface area contributed by atoms with Crippen LogP contribution in [0, 0.1) is 5.92 Å². The van der Waals surface area contributed by atoms with E-state index in [1.165, 1.54) is 5.56 Å². The van der Waals surface area contributed by atoms with E-state index in [1.807, 2.05) is 41.4 Å². The SMILES string of the molecule is O=C1NN(Cc2ccccc2)CC2Cc3ccc(Cl)cc3N=C12. The topological polar surface area (TPSA) is 44.7 Å². The van der Waals surface area contributed by atoms with Crippen LogP contribution in [0.4, 0.5) is 5.69 Å². The number of halogens is 1. The van der Waals surface area contributed by atoms with E-state index in [4.69, 9.17) is 11.6 Å². The summed E-state index contributed by atoms with van der Waals surface area (Å²) in [4.78, 5) is 17.0. The molecule has 2 aliphatic rings. The van der Waals surface area contributed by atoms with Crippen molar-refractivity contribution < 1.29 is 4.79 Å². The molecule has 5 heteroatoms. The molecule has 23 heavy (non-hydrogen) atoms. The van der Waals surface area contributed by atoms with Gasteiger partial charge in [-0.3, -0.25) is 10.2 Å². The molecule has 4 nitrogen and oxygen atoms in total. The summed E-state index contributed by atoms with van der Waals surface area (Å²) >= 11 is 6.02. The quantitative estimate of drug-likeness (QED) is 0.922. The number of benzene rings is 2. The van der Waals surface area contributed by atoms with Gasteiger partial charge in [-0.2, -0.15) is 0 Å². The number of hydrazine groups is 1. The van der Waals surface area contributed by atoms with Gasteiger partial charge in [0.1, 0.15) is 5.71 Å². The van der Waals surface area contributed by atoms with Crippen molar-refractivity contribution in [2.75, 3.05) is 6.54 Å². The Morgan fingerprint density at radius 3 is 2.87 bits per heavy atom. The van der Waals surface area contributed by atoms with E-state index in [1.54, 1.807) is 0 Å². The Balaban J connectivity index is 1.57. The van der Waals surface area contributed by atoms with E-state index in [0.29, 0.717) is 17.3 Å². The lowest BCUT2D eigenvalue weighted by Crippen LogP contribution is -2.56. The third kappa shape index (κ3) is 2.87.